The van der Waals surface area contributed by atoms with Gasteiger partial charge in [0.1, 0.15) is 16.8 Å². The number of hydrogen-bond acceptors (Lipinski definition) is 4. The molecule has 1 N–H and O–H groups in total. The maximum Gasteiger partial charge on any atom is 0.137 e. The molecule has 1 aromatic heterocycles. The van der Waals surface area contributed by atoms with Crippen LogP contribution in [-0.4, -0.2) is 40.5 Å². The van der Waals surface area contributed by atoms with Crippen LogP contribution in [0.25, 0.3) is 0 Å². The van der Waals surface area contributed by atoms with Crippen LogP contribution < -0.4 is 5.32 Å². The van der Waals surface area contributed by atoms with Crippen LogP contribution in [0.1, 0.15) is 57.3 Å². The van der Waals surface area contributed by atoms with E-state index in [1.807, 2.05) is 6.92 Å². The molecular weight excluding hydrogens is 284 g/mol. The Hall–Kier alpha value is -0.870. The van der Waals surface area contributed by atoms with E-state index in [-0.39, 0.29) is 5.92 Å². The van der Waals surface area contributed by atoms with Gasteiger partial charge in [0.05, 0.1) is 0 Å². The quantitative estimate of drug-likeness (QED) is 0.839. The molecule has 5 heteroatoms. The molecule has 0 bridgehead atoms. The van der Waals surface area contributed by atoms with Crippen molar-refractivity contribution in [2.24, 2.45) is 0 Å². The van der Waals surface area contributed by atoms with Crippen LogP contribution in [-0.2, 0) is 0 Å². The minimum Gasteiger partial charge on any atom is -0.368 e. The number of likely N-dealkylation sites (tertiary alicyclic amines) is 1. The zero-order chi connectivity index (χ0) is 15.4. The van der Waals surface area contributed by atoms with E-state index in [9.17, 15) is 0 Å². The van der Waals surface area contributed by atoms with E-state index in [2.05, 4.69) is 41.0 Å². The third-order valence-electron chi connectivity index (χ3n) is 4.20. The molecule has 118 valence electrons. The van der Waals surface area contributed by atoms with Crippen LogP contribution >= 0.6 is 11.6 Å². The van der Waals surface area contributed by atoms with Gasteiger partial charge in [-0.05, 0) is 39.8 Å². The molecule has 2 heterocycles. The fourth-order valence-corrected chi connectivity index (χ4v) is 2.84. The summed E-state index contributed by atoms with van der Waals surface area (Å²) >= 11 is 6.23. The van der Waals surface area contributed by atoms with Crippen molar-refractivity contribution in [3.05, 3.63) is 16.5 Å². The van der Waals surface area contributed by atoms with E-state index in [1.54, 1.807) is 0 Å². The van der Waals surface area contributed by atoms with Crippen molar-refractivity contribution >= 4 is 17.4 Å². The Morgan fingerprint density at radius 2 is 1.81 bits per heavy atom. The molecule has 4 nitrogen and oxygen atoms in total. The van der Waals surface area contributed by atoms with Crippen LogP contribution in [0.15, 0.2) is 0 Å². The first kappa shape index (κ1) is 16.5. The van der Waals surface area contributed by atoms with E-state index in [1.165, 1.54) is 32.4 Å². The second kappa shape index (κ2) is 7.41. The Morgan fingerprint density at radius 3 is 2.43 bits per heavy atom. The van der Waals surface area contributed by atoms with Gasteiger partial charge in [-0.15, -0.1) is 0 Å². The number of halogens is 1. The van der Waals surface area contributed by atoms with E-state index >= 15 is 0 Å². The molecule has 1 aliphatic heterocycles. The summed E-state index contributed by atoms with van der Waals surface area (Å²) in [5.74, 6) is 1.96. The van der Waals surface area contributed by atoms with Gasteiger partial charge in [-0.2, -0.15) is 0 Å². The van der Waals surface area contributed by atoms with Gasteiger partial charge in [-0.1, -0.05) is 31.9 Å². The third-order valence-corrected chi connectivity index (χ3v) is 4.57. The maximum absolute atomic E-state index is 6.23. The van der Waals surface area contributed by atoms with Crippen LogP contribution in [0.2, 0.25) is 5.15 Å². The highest BCUT2D eigenvalue weighted by Crippen LogP contribution is 2.23. The summed E-state index contributed by atoms with van der Waals surface area (Å²) in [6.45, 7) is 11.7. The molecule has 0 saturated carbocycles. The smallest absolute Gasteiger partial charge is 0.137 e. The van der Waals surface area contributed by atoms with Gasteiger partial charge < -0.3 is 5.32 Å². The molecule has 1 unspecified atom stereocenters. The summed E-state index contributed by atoms with van der Waals surface area (Å²) in [7, 11) is 0. The van der Waals surface area contributed by atoms with Crippen molar-refractivity contribution in [2.45, 2.75) is 58.9 Å². The molecule has 1 atom stereocenters. The predicted octanol–water partition coefficient (Wildman–Crippen LogP) is 3.85. The van der Waals surface area contributed by atoms with Crippen molar-refractivity contribution < 1.29 is 0 Å². The summed E-state index contributed by atoms with van der Waals surface area (Å²) in [6.07, 6.45) is 4.01. The topological polar surface area (TPSA) is 41.1 Å². The lowest BCUT2D eigenvalue weighted by molar-refractivity contribution is 0.180. The number of rotatable bonds is 5. The molecule has 21 heavy (non-hydrogen) atoms. The second-order valence-electron chi connectivity index (χ2n) is 6.33. The molecule has 0 spiro atoms. The minimum atomic E-state index is 0.281. The molecule has 1 fully saturated rings. The number of piperidine rings is 1. The predicted molar refractivity (Wildman–Crippen MR) is 89.2 cm³/mol. The Bertz CT molecular complexity index is 470. The first-order valence-electron chi connectivity index (χ1n) is 8.01. The summed E-state index contributed by atoms with van der Waals surface area (Å²) < 4.78 is 0. The number of anilines is 1. The average molecular weight is 311 g/mol. The molecule has 1 aliphatic rings. The van der Waals surface area contributed by atoms with E-state index in [0.29, 0.717) is 11.2 Å². The lowest BCUT2D eigenvalue weighted by Gasteiger charge is -2.32. The number of aromatic nitrogens is 2. The first-order valence-corrected chi connectivity index (χ1v) is 8.38. The van der Waals surface area contributed by atoms with Gasteiger partial charge in [-0.3, -0.25) is 4.90 Å². The van der Waals surface area contributed by atoms with E-state index in [0.717, 1.165) is 23.8 Å². The number of nitrogens with one attached hydrogen (secondary N) is 1. The minimum absolute atomic E-state index is 0.281. The highest BCUT2D eigenvalue weighted by atomic mass is 35.5. The van der Waals surface area contributed by atoms with Crippen molar-refractivity contribution in [1.82, 2.24) is 14.9 Å². The highest BCUT2D eigenvalue weighted by molar-refractivity contribution is 6.30. The third kappa shape index (κ3) is 4.30. The molecular formula is C16H27ClN4. The lowest BCUT2D eigenvalue weighted by atomic mass is 10.1. The van der Waals surface area contributed by atoms with Gasteiger partial charge in [0.15, 0.2) is 0 Å². The zero-order valence-electron chi connectivity index (χ0n) is 13.6. The Kier molecular flexibility index (Phi) is 5.82. The lowest BCUT2D eigenvalue weighted by Crippen LogP contribution is -2.41. The summed E-state index contributed by atoms with van der Waals surface area (Å²) in [5, 5.41) is 4.03. The SMILES string of the molecule is Cc1c(Cl)nc(C(C)C)nc1NCC(C)N1CCCCC1. The Morgan fingerprint density at radius 1 is 1.14 bits per heavy atom. The Balaban J connectivity index is 2.01. The van der Waals surface area contributed by atoms with Crippen LogP contribution in [0, 0.1) is 6.92 Å². The van der Waals surface area contributed by atoms with Gasteiger partial charge in [0, 0.05) is 24.1 Å². The summed E-state index contributed by atoms with van der Waals surface area (Å²) in [6, 6.07) is 0.515. The normalized spacial score (nSPS) is 18.0. The molecule has 1 saturated heterocycles. The van der Waals surface area contributed by atoms with Gasteiger partial charge in [-0.25, -0.2) is 9.97 Å². The molecule has 2 rings (SSSR count). The van der Waals surface area contributed by atoms with Gasteiger partial charge >= 0.3 is 0 Å². The molecule has 1 aromatic rings. The van der Waals surface area contributed by atoms with Gasteiger partial charge in [0.2, 0.25) is 0 Å². The van der Waals surface area contributed by atoms with Gasteiger partial charge in [0.25, 0.3) is 0 Å². The monoisotopic (exact) mass is 310 g/mol. The summed E-state index contributed by atoms with van der Waals surface area (Å²) in [5.41, 5.74) is 0.937. The summed E-state index contributed by atoms with van der Waals surface area (Å²) in [4.78, 5) is 11.5. The van der Waals surface area contributed by atoms with E-state index < -0.39 is 0 Å². The first-order chi connectivity index (χ1) is 9.99. The molecule has 0 aromatic carbocycles. The molecule has 0 radical (unpaired) electrons. The average Bonchev–Trinajstić information content (AvgIpc) is 2.49. The standard InChI is InChI=1S/C16H27ClN4/c1-11(2)15-19-14(17)13(4)16(20-15)18-10-12(3)21-8-6-5-7-9-21/h11-12H,5-10H2,1-4H3,(H,18,19,20). The van der Waals surface area contributed by atoms with Crippen LogP contribution in [0.3, 0.4) is 0 Å². The zero-order valence-corrected chi connectivity index (χ0v) is 14.4. The molecule has 0 amide bonds. The van der Waals surface area contributed by atoms with E-state index in [4.69, 9.17) is 11.6 Å². The van der Waals surface area contributed by atoms with Crippen molar-refractivity contribution in [3.8, 4) is 0 Å². The van der Waals surface area contributed by atoms with Crippen molar-refractivity contribution in [3.63, 3.8) is 0 Å². The van der Waals surface area contributed by atoms with Crippen molar-refractivity contribution in [2.75, 3.05) is 25.0 Å². The maximum atomic E-state index is 6.23. The Labute approximate surface area is 133 Å². The second-order valence-corrected chi connectivity index (χ2v) is 6.69. The van der Waals surface area contributed by atoms with Crippen molar-refractivity contribution in [1.29, 1.82) is 0 Å². The number of hydrogen-bond donors (Lipinski definition) is 1. The largest absolute Gasteiger partial charge is 0.368 e. The number of nitrogens with zero attached hydrogens (tertiary/aromatic N) is 3. The fraction of sp³-hybridized carbons (Fsp3) is 0.750. The van der Waals surface area contributed by atoms with Crippen LogP contribution in [0.5, 0.6) is 0 Å². The van der Waals surface area contributed by atoms with Crippen LogP contribution in [0.4, 0.5) is 5.82 Å². The fourth-order valence-electron chi connectivity index (χ4n) is 2.67. The highest BCUT2D eigenvalue weighted by Gasteiger charge is 2.17. The molecule has 0 aliphatic carbocycles.